The fourth-order valence-corrected chi connectivity index (χ4v) is 8.56. The molecule has 0 N–H and O–H groups in total. The first-order valence-electron chi connectivity index (χ1n) is 12.1. The van der Waals surface area contributed by atoms with Crippen molar-refractivity contribution < 1.29 is 13.2 Å². The van der Waals surface area contributed by atoms with Gasteiger partial charge in [0, 0.05) is 18.1 Å². The number of aromatic nitrogens is 2. The summed E-state index contributed by atoms with van der Waals surface area (Å²) in [6.45, 7) is 0. The summed E-state index contributed by atoms with van der Waals surface area (Å²) in [5, 5.41) is 0.928. The van der Waals surface area contributed by atoms with Gasteiger partial charge in [-0.1, -0.05) is 56.0 Å². The summed E-state index contributed by atoms with van der Waals surface area (Å²) in [4.78, 5) is 20.3. The first-order valence-corrected chi connectivity index (χ1v) is 14.9. The molecule has 2 aromatic rings. The second-order valence-corrected chi connectivity index (χ2v) is 12.8. The third kappa shape index (κ3) is 4.58. The molecular weight excluding hydrogens is 442 g/mol. The van der Waals surface area contributed by atoms with Crippen LogP contribution in [0.15, 0.2) is 29.4 Å². The highest BCUT2D eigenvalue weighted by atomic mass is 32.2. The molecule has 32 heavy (non-hydrogen) atoms. The molecule has 1 aromatic heterocycles. The van der Waals surface area contributed by atoms with E-state index in [-0.39, 0.29) is 29.5 Å². The molecule has 1 saturated heterocycles. The van der Waals surface area contributed by atoms with Gasteiger partial charge in [0.05, 0.1) is 28.3 Å². The number of para-hydroxylation sites is 2. The standard InChI is InChI=1S/C24H33N3O3S2/c28-23(26(18-10-4-5-11-18)20-14-15-32(29,30)17-20)16-31-24-25-21-12-6-7-13-22(21)27(24)19-8-2-1-3-9-19/h6-7,12-13,18-20H,1-5,8-11,14-17H2/t20-/m0/s1. The van der Waals surface area contributed by atoms with Crippen molar-refractivity contribution in [2.45, 2.75) is 87.5 Å². The molecule has 3 fully saturated rings. The number of benzene rings is 1. The molecule has 1 atom stereocenters. The van der Waals surface area contributed by atoms with Crippen molar-refractivity contribution >= 4 is 38.5 Å². The maximum Gasteiger partial charge on any atom is 0.233 e. The fraction of sp³-hybridized carbons (Fsp3) is 0.667. The summed E-state index contributed by atoms with van der Waals surface area (Å²) in [5.74, 6) is 0.730. The largest absolute Gasteiger partial charge is 0.335 e. The van der Waals surface area contributed by atoms with E-state index in [9.17, 15) is 13.2 Å². The number of nitrogens with zero attached hydrogens (tertiary/aromatic N) is 3. The Hall–Kier alpha value is -1.54. The summed E-state index contributed by atoms with van der Waals surface area (Å²) in [5.41, 5.74) is 2.14. The smallest absolute Gasteiger partial charge is 0.233 e. The van der Waals surface area contributed by atoms with E-state index in [1.165, 1.54) is 31.0 Å². The molecule has 2 aliphatic carbocycles. The highest BCUT2D eigenvalue weighted by molar-refractivity contribution is 7.99. The second kappa shape index (κ2) is 9.37. The van der Waals surface area contributed by atoms with Gasteiger partial charge in [-0.2, -0.15) is 0 Å². The van der Waals surface area contributed by atoms with Gasteiger partial charge in [-0.3, -0.25) is 4.79 Å². The molecule has 5 rings (SSSR count). The molecule has 0 radical (unpaired) electrons. The van der Waals surface area contributed by atoms with E-state index >= 15 is 0 Å². The molecule has 2 heterocycles. The van der Waals surface area contributed by atoms with Crippen LogP contribution in [0.1, 0.15) is 70.3 Å². The minimum atomic E-state index is -3.03. The number of thioether (sulfide) groups is 1. The van der Waals surface area contributed by atoms with Gasteiger partial charge >= 0.3 is 0 Å². The summed E-state index contributed by atoms with van der Waals surface area (Å²) in [7, 11) is -3.03. The zero-order chi connectivity index (χ0) is 22.1. The SMILES string of the molecule is O=C(CSc1nc2ccccc2n1C1CCCCC1)N(C1CCCC1)[C@H]1CCS(=O)(=O)C1. The van der Waals surface area contributed by atoms with Crippen LogP contribution in [0.25, 0.3) is 11.0 Å². The highest BCUT2D eigenvalue weighted by Crippen LogP contribution is 2.36. The molecule has 8 heteroatoms. The Morgan fingerprint density at radius 2 is 1.72 bits per heavy atom. The fourth-order valence-electron chi connectivity index (χ4n) is 5.90. The Morgan fingerprint density at radius 1 is 1.00 bits per heavy atom. The van der Waals surface area contributed by atoms with Gasteiger partial charge in [-0.05, 0) is 44.2 Å². The van der Waals surface area contributed by atoms with Crippen molar-refractivity contribution in [1.29, 1.82) is 0 Å². The van der Waals surface area contributed by atoms with E-state index < -0.39 is 9.84 Å². The molecule has 1 aliphatic heterocycles. The van der Waals surface area contributed by atoms with Gasteiger partial charge < -0.3 is 9.47 Å². The monoisotopic (exact) mass is 475 g/mol. The van der Waals surface area contributed by atoms with Crippen LogP contribution in [-0.2, 0) is 14.6 Å². The number of carbonyl (C=O) groups excluding carboxylic acids is 1. The van der Waals surface area contributed by atoms with Gasteiger partial charge in [0.1, 0.15) is 0 Å². The van der Waals surface area contributed by atoms with Gasteiger partial charge in [-0.25, -0.2) is 13.4 Å². The van der Waals surface area contributed by atoms with Crippen molar-refractivity contribution in [2.24, 2.45) is 0 Å². The average molecular weight is 476 g/mol. The van der Waals surface area contributed by atoms with Crippen LogP contribution in [0.2, 0.25) is 0 Å². The number of fused-ring (bicyclic) bond motifs is 1. The number of imidazole rings is 1. The minimum Gasteiger partial charge on any atom is -0.335 e. The maximum atomic E-state index is 13.5. The van der Waals surface area contributed by atoms with E-state index in [0.717, 1.165) is 54.7 Å². The number of hydrogen-bond donors (Lipinski definition) is 0. The summed E-state index contributed by atoms with van der Waals surface area (Å²) in [6.07, 6.45) is 10.9. The molecule has 6 nitrogen and oxygen atoms in total. The number of hydrogen-bond acceptors (Lipinski definition) is 5. The summed E-state index contributed by atoms with van der Waals surface area (Å²) in [6, 6.07) is 8.74. The molecule has 1 amide bonds. The van der Waals surface area contributed by atoms with Crippen molar-refractivity contribution in [3.05, 3.63) is 24.3 Å². The Balaban J connectivity index is 1.37. The van der Waals surface area contributed by atoms with E-state index in [1.54, 1.807) is 0 Å². The first-order chi connectivity index (χ1) is 15.5. The van der Waals surface area contributed by atoms with Crippen molar-refractivity contribution in [3.63, 3.8) is 0 Å². The van der Waals surface area contributed by atoms with Gasteiger partial charge in [-0.15, -0.1) is 0 Å². The zero-order valence-electron chi connectivity index (χ0n) is 18.6. The second-order valence-electron chi connectivity index (χ2n) is 9.63. The summed E-state index contributed by atoms with van der Waals surface area (Å²) < 4.78 is 26.6. The van der Waals surface area contributed by atoms with Crippen molar-refractivity contribution in [3.8, 4) is 0 Å². The molecular formula is C24H33N3O3S2. The van der Waals surface area contributed by atoms with Gasteiger partial charge in [0.25, 0.3) is 0 Å². The molecule has 0 unspecified atom stereocenters. The molecule has 174 valence electrons. The minimum absolute atomic E-state index is 0.0752. The van der Waals surface area contributed by atoms with Crippen LogP contribution in [-0.4, -0.2) is 58.1 Å². The van der Waals surface area contributed by atoms with E-state index in [1.807, 2.05) is 11.0 Å². The van der Waals surface area contributed by atoms with Gasteiger partial charge in [0.15, 0.2) is 15.0 Å². The van der Waals surface area contributed by atoms with E-state index in [4.69, 9.17) is 4.98 Å². The van der Waals surface area contributed by atoms with Crippen molar-refractivity contribution in [2.75, 3.05) is 17.3 Å². The molecule has 1 aromatic carbocycles. The quantitative estimate of drug-likeness (QED) is 0.571. The lowest BCUT2D eigenvalue weighted by atomic mass is 9.95. The van der Waals surface area contributed by atoms with Crippen LogP contribution in [0.3, 0.4) is 0 Å². The van der Waals surface area contributed by atoms with Crippen LogP contribution in [0, 0.1) is 0 Å². The van der Waals surface area contributed by atoms with Crippen LogP contribution < -0.4 is 0 Å². The van der Waals surface area contributed by atoms with Crippen LogP contribution in [0.4, 0.5) is 0 Å². The predicted octanol–water partition coefficient (Wildman–Crippen LogP) is 4.59. The van der Waals surface area contributed by atoms with E-state index in [2.05, 4.69) is 22.8 Å². The molecule has 2 saturated carbocycles. The Kier molecular flexibility index (Phi) is 6.52. The Bertz CT molecular complexity index is 1070. The topological polar surface area (TPSA) is 72.3 Å². The average Bonchev–Trinajstić information content (AvgIpc) is 3.52. The summed E-state index contributed by atoms with van der Waals surface area (Å²) >= 11 is 1.53. The van der Waals surface area contributed by atoms with Crippen LogP contribution in [0.5, 0.6) is 0 Å². The van der Waals surface area contributed by atoms with Crippen LogP contribution >= 0.6 is 11.8 Å². The van der Waals surface area contributed by atoms with Gasteiger partial charge in [0.2, 0.25) is 5.91 Å². The normalized spacial score (nSPS) is 24.3. The number of amides is 1. The Morgan fingerprint density at radius 3 is 2.44 bits per heavy atom. The van der Waals surface area contributed by atoms with E-state index in [0.29, 0.717) is 18.2 Å². The molecule has 0 spiro atoms. The Labute approximate surface area is 195 Å². The number of sulfone groups is 1. The van der Waals surface area contributed by atoms with Crippen molar-refractivity contribution in [1.82, 2.24) is 14.5 Å². The number of carbonyl (C=O) groups is 1. The zero-order valence-corrected chi connectivity index (χ0v) is 20.2. The lowest BCUT2D eigenvalue weighted by molar-refractivity contribution is -0.132. The lowest BCUT2D eigenvalue weighted by Crippen LogP contribution is -2.47. The third-order valence-corrected chi connectivity index (χ3v) is 10.1. The lowest BCUT2D eigenvalue weighted by Gasteiger charge is -2.34. The highest BCUT2D eigenvalue weighted by Gasteiger charge is 2.39. The molecule has 0 bridgehead atoms. The predicted molar refractivity (Wildman–Crippen MR) is 129 cm³/mol. The first kappa shape index (κ1) is 22.3. The molecule has 3 aliphatic rings. The maximum absolute atomic E-state index is 13.5. The number of rotatable bonds is 6. The third-order valence-electron chi connectivity index (χ3n) is 7.44.